The van der Waals surface area contributed by atoms with E-state index in [2.05, 4.69) is 217 Å². The van der Waals surface area contributed by atoms with Gasteiger partial charge >= 0.3 is 0 Å². The highest BCUT2D eigenvalue weighted by molar-refractivity contribution is 5.97. The van der Waals surface area contributed by atoms with Crippen molar-refractivity contribution < 1.29 is 0 Å². The lowest BCUT2D eigenvalue weighted by Gasteiger charge is -2.35. The minimum absolute atomic E-state index is 0.536. The molecule has 0 saturated heterocycles. The lowest BCUT2D eigenvalue weighted by atomic mass is 9.67. The van der Waals surface area contributed by atoms with Crippen LogP contribution in [0.1, 0.15) is 22.3 Å². The zero-order valence-corrected chi connectivity index (χ0v) is 27.7. The molecule has 0 unspecified atom stereocenters. The van der Waals surface area contributed by atoms with Gasteiger partial charge in [0, 0.05) is 16.9 Å². The molecule has 0 amide bonds. The molecule has 1 heteroatoms. The molecular weight excluding hydrogens is 603 g/mol. The summed E-state index contributed by atoms with van der Waals surface area (Å²) < 4.78 is 0. The summed E-state index contributed by atoms with van der Waals surface area (Å²) in [5.74, 6) is 0. The molecule has 0 N–H and O–H groups in total. The summed E-state index contributed by atoms with van der Waals surface area (Å²) in [5.41, 5.74) is 15.3. The Morgan fingerprint density at radius 3 is 1.20 bits per heavy atom. The SMILES string of the molecule is c1ccc(-c2ccc(C3(c4ccc(-c5ccccc5)cc4)c4ccccc4-c4c(N(c5ccccc5)c5ccccc5)cccc43)cc2)cc1. The van der Waals surface area contributed by atoms with E-state index in [4.69, 9.17) is 0 Å². The largest absolute Gasteiger partial charge is 0.310 e. The number of nitrogens with zero attached hydrogens (tertiary/aromatic N) is 1. The fourth-order valence-electron chi connectivity index (χ4n) is 7.95. The highest BCUT2D eigenvalue weighted by Crippen LogP contribution is 2.59. The Hall–Kier alpha value is -6.44. The predicted octanol–water partition coefficient (Wildman–Crippen LogP) is 12.9. The van der Waals surface area contributed by atoms with Gasteiger partial charge in [-0.25, -0.2) is 0 Å². The number of para-hydroxylation sites is 2. The molecule has 1 aliphatic carbocycles. The van der Waals surface area contributed by atoms with Crippen LogP contribution in [0.2, 0.25) is 0 Å². The summed E-state index contributed by atoms with van der Waals surface area (Å²) in [4.78, 5) is 2.41. The number of rotatable bonds is 7. The summed E-state index contributed by atoms with van der Waals surface area (Å²) >= 11 is 0. The summed E-state index contributed by atoms with van der Waals surface area (Å²) in [6.07, 6.45) is 0. The number of hydrogen-bond acceptors (Lipinski definition) is 1. The molecule has 0 heterocycles. The lowest BCUT2D eigenvalue weighted by Crippen LogP contribution is -2.28. The molecule has 8 aromatic carbocycles. The Morgan fingerprint density at radius 1 is 0.300 bits per heavy atom. The highest BCUT2D eigenvalue weighted by atomic mass is 15.1. The quantitative estimate of drug-likeness (QED) is 0.168. The van der Waals surface area contributed by atoms with Gasteiger partial charge < -0.3 is 4.90 Å². The van der Waals surface area contributed by atoms with Crippen molar-refractivity contribution in [1.82, 2.24) is 0 Å². The lowest BCUT2D eigenvalue weighted by molar-refractivity contribution is 0.769. The fourth-order valence-corrected chi connectivity index (χ4v) is 7.95. The first kappa shape index (κ1) is 29.7. The normalized spacial score (nSPS) is 12.6. The van der Waals surface area contributed by atoms with E-state index in [0.29, 0.717) is 0 Å². The van der Waals surface area contributed by atoms with Crippen molar-refractivity contribution in [2.75, 3.05) is 4.90 Å². The van der Waals surface area contributed by atoms with Crippen LogP contribution in [-0.4, -0.2) is 0 Å². The maximum atomic E-state index is 2.41. The van der Waals surface area contributed by atoms with Crippen LogP contribution >= 0.6 is 0 Å². The van der Waals surface area contributed by atoms with Crippen molar-refractivity contribution in [3.8, 4) is 33.4 Å². The van der Waals surface area contributed by atoms with Gasteiger partial charge in [-0.1, -0.05) is 182 Å². The molecule has 0 aliphatic heterocycles. The summed E-state index contributed by atoms with van der Waals surface area (Å²) in [6.45, 7) is 0. The van der Waals surface area contributed by atoms with Crippen LogP contribution in [0, 0.1) is 0 Å². The van der Waals surface area contributed by atoms with E-state index < -0.39 is 5.41 Å². The molecule has 0 bridgehead atoms. The molecule has 0 radical (unpaired) electrons. The van der Waals surface area contributed by atoms with Gasteiger partial charge in [0.05, 0.1) is 11.1 Å². The van der Waals surface area contributed by atoms with Crippen LogP contribution in [0.4, 0.5) is 17.1 Å². The van der Waals surface area contributed by atoms with Gasteiger partial charge in [0.1, 0.15) is 0 Å². The molecule has 0 fully saturated rings. The van der Waals surface area contributed by atoms with E-state index in [1.54, 1.807) is 0 Å². The Kier molecular flexibility index (Phi) is 7.44. The highest BCUT2D eigenvalue weighted by Gasteiger charge is 2.47. The number of hydrogen-bond donors (Lipinski definition) is 0. The maximum Gasteiger partial charge on any atom is 0.0714 e. The Morgan fingerprint density at radius 2 is 0.700 bits per heavy atom. The molecule has 0 atom stereocenters. The van der Waals surface area contributed by atoms with Crippen molar-refractivity contribution in [2.24, 2.45) is 0 Å². The third-order valence-electron chi connectivity index (χ3n) is 10.2. The molecule has 0 saturated carbocycles. The van der Waals surface area contributed by atoms with Crippen LogP contribution < -0.4 is 4.90 Å². The van der Waals surface area contributed by atoms with Gasteiger partial charge in [-0.15, -0.1) is 0 Å². The van der Waals surface area contributed by atoms with Crippen LogP contribution in [0.25, 0.3) is 33.4 Å². The molecule has 0 spiro atoms. The summed E-state index contributed by atoms with van der Waals surface area (Å²) in [5, 5.41) is 0. The zero-order valence-electron chi connectivity index (χ0n) is 27.7. The molecular formula is C49H35N. The summed E-state index contributed by atoms with van der Waals surface area (Å²) in [7, 11) is 0. The van der Waals surface area contributed by atoms with Crippen molar-refractivity contribution in [3.05, 3.63) is 235 Å². The third kappa shape index (κ3) is 4.86. The molecule has 9 rings (SSSR count). The maximum absolute atomic E-state index is 2.41. The van der Waals surface area contributed by atoms with Crippen LogP contribution in [0.5, 0.6) is 0 Å². The standard InChI is InChI=1S/C49H35N/c1-5-16-36(17-6-1)38-28-32-40(33-29-38)49(41-34-30-39(31-35-41)37-18-7-2-8-19-37)45-25-14-13-24-44(45)48-46(49)26-15-27-47(48)50(42-20-9-3-10-21-42)43-22-11-4-12-23-43/h1-35H. The zero-order chi connectivity index (χ0) is 33.3. The van der Waals surface area contributed by atoms with E-state index in [-0.39, 0.29) is 0 Å². The second-order valence-electron chi connectivity index (χ2n) is 12.9. The number of fused-ring (bicyclic) bond motifs is 3. The van der Waals surface area contributed by atoms with Crippen molar-refractivity contribution >= 4 is 17.1 Å². The Balaban J connectivity index is 1.32. The van der Waals surface area contributed by atoms with Gasteiger partial charge in [-0.2, -0.15) is 0 Å². The van der Waals surface area contributed by atoms with Gasteiger partial charge in [0.2, 0.25) is 0 Å². The minimum atomic E-state index is -0.536. The third-order valence-corrected chi connectivity index (χ3v) is 10.2. The monoisotopic (exact) mass is 637 g/mol. The van der Waals surface area contributed by atoms with E-state index in [0.717, 1.165) is 17.1 Å². The Labute approximate surface area is 294 Å². The van der Waals surface area contributed by atoms with Gasteiger partial charge in [0.25, 0.3) is 0 Å². The van der Waals surface area contributed by atoms with Crippen molar-refractivity contribution in [2.45, 2.75) is 5.41 Å². The predicted molar refractivity (Wildman–Crippen MR) is 209 cm³/mol. The van der Waals surface area contributed by atoms with E-state index in [1.165, 1.54) is 55.6 Å². The topological polar surface area (TPSA) is 3.24 Å². The molecule has 50 heavy (non-hydrogen) atoms. The first-order valence-electron chi connectivity index (χ1n) is 17.3. The van der Waals surface area contributed by atoms with E-state index in [1.807, 2.05) is 0 Å². The summed E-state index contributed by atoms with van der Waals surface area (Å²) in [6, 6.07) is 77.2. The number of anilines is 3. The van der Waals surface area contributed by atoms with Crippen molar-refractivity contribution in [3.63, 3.8) is 0 Å². The smallest absolute Gasteiger partial charge is 0.0714 e. The van der Waals surface area contributed by atoms with Crippen LogP contribution in [0.15, 0.2) is 212 Å². The van der Waals surface area contributed by atoms with Gasteiger partial charge in [-0.3, -0.25) is 0 Å². The van der Waals surface area contributed by atoms with Crippen LogP contribution in [0.3, 0.4) is 0 Å². The number of benzene rings is 8. The average molecular weight is 638 g/mol. The van der Waals surface area contributed by atoms with E-state index >= 15 is 0 Å². The van der Waals surface area contributed by atoms with Crippen molar-refractivity contribution in [1.29, 1.82) is 0 Å². The Bertz CT molecular complexity index is 2260. The van der Waals surface area contributed by atoms with E-state index in [9.17, 15) is 0 Å². The molecule has 1 nitrogen and oxygen atoms in total. The fraction of sp³-hybridized carbons (Fsp3) is 0.0204. The first-order chi connectivity index (χ1) is 24.8. The minimum Gasteiger partial charge on any atom is -0.310 e. The molecule has 1 aliphatic rings. The molecule has 236 valence electrons. The van der Waals surface area contributed by atoms with Gasteiger partial charge in [0.15, 0.2) is 0 Å². The van der Waals surface area contributed by atoms with Gasteiger partial charge in [-0.05, 0) is 80.4 Å². The average Bonchev–Trinajstić information content (AvgIpc) is 3.51. The second-order valence-corrected chi connectivity index (χ2v) is 12.9. The second kappa shape index (κ2) is 12.5. The van der Waals surface area contributed by atoms with Crippen LogP contribution in [-0.2, 0) is 5.41 Å². The molecule has 0 aromatic heterocycles. The molecule has 8 aromatic rings. The first-order valence-corrected chi connectivity index (χ1v) is 17.3.